The van der Waals surface area contributed by atoms with Crippen LogP contribution in [0.5, 0.6) is 0 Å². The first-order chi connectivity index (χ1) is 7.20. The largest absolute Gasteiger partial charge is 0.276 e. The first kappa shape index (κ1) is 9.06. The summed E-state index contributed by atoms with van der Waals surface area (Å²) in [5, 5.41) is 2.91. The van der Waals surface area contributed by atoms with Gasteiger partial charge in [-0.25, -0.2) is 5.01 Å². The van der Waals surface area contributed by atoms with Crippen molar-refractivity contribution in [2.24, 2.45) is 0 Å². The van der Waals surface area contributed by atoms with Gasteiger partial charge in [0.2, 0.25) is 0 Å². The second kappa shape index (κ2) is 2.90. The van der Waals surface area contributed by atoms with Crippen LogP contribution >= 0.6 is 15.9 Å². The molecule has 1 fully saturated rings. The lowest BCUT2D eigenvalue weighted by atomic mass is 10.1. The number of carbonyl (C=O) groups is 2. The zero-order valence-electron chi connectivity index (χ0n) is 7.68. The Morgan fingerprint density at radius 2 is 1.60 bits per heavy atom. The lowest BCUT2D eigenvalue weighted by Gasteiger charge is -2.13. The Labute approximate surface area is 94.6 Å². The van der Waals surface area contributed by atoms with Crippen molar-refractivity contribution in [2.75, 3.05) is 6.54 Å². The molecule has 0 aromatic heterocycles. The molecule has 1 aromatic rings. The summed E-state index contributed by atoms with van der Waals surface area (Å²) >= 11 is 3.34. The molecule has 1 saturated heterocycles. The number of hydrogen-bond acceptors (Lipinski definition) is 3. The minimum absolute atomic E-state index is 0.111. The molecule has 15 heavy (non-hydrogen) atoms. The van der Waals surface area contributed by atoms with Crippen molar-refractivity contribution >= 4 is 27.7 Å². The quantitative estimate of drug-likeness (QED) is 0.332. The summed E-state index contributed by atoms with van der Waals surface area (Å²) in [7, 11) is 0. The summed E-state index contributed by atoms with van der Waals surface area (Å²) in [6, 6.07) is 6.90. The lowest BCUT2D eigenvalue weighted by molar-refractivity contribution is 0.0394. The summed E-state index contributed by atoms with van der Waals surface area (Å²) in [4.78, 5) is 23.9. The third kappa shape index (κ3) is 1.16. The van der Waals surface area contributed by atoms with Gasteiger partial charge in [0.25, 0.3) is 11.8 Å². The number of hydrazine groups is 1. The minimum Gasteiger partial charge on any atom is -0.267 e. The Kier molecular flexibility index (Phi) is 1.75. The van der Waals surface area contributed by atoms with Crippen LogP contribution in [0.2, 0.25) is 0 Å². The second-order valence-electron chi connectivity index (χ2n) is 3.52. The number of carbonyl (C=O) groups excluding carboxylic acids is 2. The molecule has 4 nitrogen and oxygen atoms in total. The number of amides is 2. The van der Waals surface area contributed by atoms with E-state index in [4.69, 9.17) is 0 Å². The van der Waals surface area contributed by atoms with Gasteiger partial charge in [0.15, 0.2) is 0 Å². The van der Waals surface area contributed by atoms with Crippen LogP contribution < -0.4 is 0 Å². The number of nitrogens with zero attached hydrogens (tertiary/aromatic N) is 2. The van der Waals surface area contributed by atoms with E-state index in [1.54, 1.807) is 29.3 Å². The van der Waals surface area contributed by atoms with Crippen LogP contribution in [0.15, 0.2) is 24.3 Å². The summed E-state index contributed by atoms with van der Waals surface area (Å²) < 4.78 is 0. The van der Waals surface area contributed by atoms with E-state index in [0.717, 1.165) is 0 Å². The molecule has 2 atom stereocenters. The third-order valence-electron chi connectivity index (χ3n) is 2.56. The van der Waals surface area contributed by atoms with E-state index in [0.29, 0.717) is 17.7 Å². The van der Waals surface area contributed by atoms with Crippen LogP contribution in [-0.4, -0.2) is 33.3 Å². The number of benzene rings is 1. The SMILES string of the molecule is O=C1c2ccccc2C(=O)N1N1C[C@@H]1Br. The van der Waals surface area contributed by atoms with Gasteiger partial charge in [-0.3, -0.25) is 9.59 Å². The van der Waals surface area contributed by atoms with Gasteiger partial charge in [-0.2, -0.15) is 5.01 Å². The molecule has 76 valence electrons. The zero-order valence-corrected chi connectivity index (χ0v) is 9.27. The number of hydrogen-bond donors (Lipinski definition) is 0. The molecule has 2 aliphatic rings. The maximum atomic E-state index is 11.9. The van der Waals surface area contributed by atoms with Crippen LogP contribution in [0.4, 0.5) is 0 Å². The predicted molar refractivity (Wildman–Crippen MR) is 56.4 cm³/mol. The molecule has 2 aliphatic heterocycles. The van der Waals surface area contributed by atoms with Crippen molar-refractivity contribution in [1.82, 2.24) is 10.0 Å². The molecule has 1 aromatic carbocycles. The number of alkyl halides is 1. The van der Waals surface area contributed by atoms with Crippen molar-refractivity contribution in [1.29, 1.82) is 0 Å². The molecule has 0 spiro atoms. The van der Waals surface area contributed by atoms with Crippen LogP contribution in [-0.2, 0) is 0 Å². The lowest BCUT2D eigenvalue weighted by Crippen LogP contribution is -2.35. The summed E-state index contributed by atoms with van der Waals surface area (Å²) in [5.74, 6) is -0.449. The Hall–Kier alpha value is -1.20. The van der Waals surface area contributed by atoms with E-state index in [9.17, 15) is 9.59 Å². The molecule has 2 amide bonds. The Bertz CT molecular complexity index is 439. The average molecular weight is 267 g/mol. The van der Waals surface area contributed by atoms with Crippen molar-refractivity contribution in [3.05, 3.63) is 35.4 Å². The maximum Gasteiger partial charge on any atom is 0.276 e. The summed E-state index contributed by atoms with van der Waals surface area (Å²) in [6.07, 6.45) is 0. The van der Waals surface area contributed by atoms with Crippen molar-refractivity contribution in [2.45, 2.75) is 4.95 Å². The first-order valence-corrected chi connectivity index (χ1v) is 5.50. The number of fused-ring (bicyclic) bond motifs is 1. The zero-order chi connectivity index (χ0) is 10.6. The molecule has 0 bridgehead atoms. The van der Waals surface area contributed by atoms with Crippen LogP contribution in [0.25, 0.3) is 0 Å². The van der Waals surface area contributed by atoms with Gasteiger partial charge in [0, 0.05) is 6.54 Å². The highest BCUT2D eigenvalue weighted by Gasteiger charge is 2.47. The van der Waals surface area contributed by atoms with Gasteiger partial charge in [0.1, 0.15) is 0 Å². The number of rotatable bonds is 1. The van der Waals surface area contributed by atoms with Crippen molar-refractivity contribution in [3.63, 3.8) is 0 Å². The van der Waals surface area contributed by atoms with Crippen molar-refractivity contribution < 1.29 is 9.59 Å². The maximum absolute atomic E-state index is 11.9. The molecule has 0 radical (unpaired) electrons. The van der Waals surface area contributed by atoms with Gasteiger partial charge in [-0.15, -0.1) is 0 Å². The first-order valence-electron chi connectivity index (χ1n) is 4.58. The van der Waals surface area contributed by atoms with E-state index in [1.807, 2.05) is 0 Å². The third-order valence-corrected chi connectivity index (χ3v) is 3.32. The average Bonchev–Trinajstić information content (AvgIpc) is 2.89. The van der Waals surface area contributed by atoms with E-state index < -0.39 is 0 Å². The highest BCUT2D eigenvalue weighted by Crippen LogP contribution is 2.32. The topological polar surface area (TPSA) is 40.4 Å². The molecule has 1 unspecified atom stereocenters. The van der Waals surface area contributed by atoms with Gasteiger partial charge in [0.05, 0.1) is 16.1 Å². The van der Waals surface area contributed by atoms with E-state index in [-0.39, 0.29) is 16.8 Å². The smallest absolute Gasteiger partial charge is 0.267 e. The van der Waals surface area contributed by atoms with Gasteiger partial charge >= 0.3 is 0 Å². The number of imide groups is 1. The van der Waals surface area contributed by atoms with Crippen LogP contribution in [0.1, 0.15) is 20.7 Å². The minimum atomic E-state index is -0.224. The normalized spacial score (nSPS) is 28.2. The van der Waals surface area contributed by atoms with Crippen LogP contribution in [0, 0.1) is 0 Å². The molecule has 2 heterocycles. The monoisotopic (exact) mass is 266 g/mol. The van der Waals surface area contributed by atoms with Gasteiger partial charge < -0.3 is 0 Å². The molecule has 0 saturated carbocycles. The molecule has 3 rings (SSSR count). The fourth-order valence-electron chi connectivity index (χ4n) is 1.72. The summed E-state index contributed by atoms with van der Waals surface area (Å²) in [6.45, 7) is 0.700. The van der Waals surface area contributed by atoms with E-state index >= 15 is 0 Å². The predicted octanol–water partition coefficient (Wildman–Crippen LogP) is 1.23. The molecular formula is C10H7BrN2O2. The second-order valence-corrected chi connectivity index (χ2v) is 4.58. The molecule has 0 aliphatic carbocycles. The highest BCUT2D eigenvalue weighted by atomic mass is 79.9. The molecular weight excluding hydrogens is 260 g/mol. The standard InChI is InChI=1S/C10H7BrN2O2/c11-8-5-12(8)13-9(14)6-3-1-2-4-7(6)10(13)15/h1-4,8H,5H2/t8-,12?/m1/s1. The fraction of sp³-hybridized carbons (Fsp3) is 0.200. The van der Waals surface area contributed by atoms with E-state index in [1.165, 1.54) is 5.01 Å². The van der Waals surface area contributed by atoms with Gasteiger partial charge in [-0.05, 0) is 12.1 Å². The van der Waals surface area contributed by atoms with Crippen molar-refractivity contribution in [3.8, 4) is 0 Å². The Morgan fingerprint density at radius 3 is 2.00 bits per heavy atom. The summed E-state index contributed by atoms with van der Waals surface area (Å²) in [5.41, 5.74) is 0.989. The van der Waals surface area contributed by atoms with Crippen LogP contribution in [0.3, 0.4) is 0 Å². The van der Waals surface area contributed by atoms with Gasteiger partial charge in [-0.1, -0.05) is 28.1 Å². The Balaban J connectivity index is 2.05. The highest BCUT2D eigenvalue weighted by molar-refractivity contribution is 9.09. The van der Waals surface area contributed by atoms with E-state index in [2.05, 4.69) is 15.9 Å². The molecule has 0 N–H and O–H groups in total. The Morgan fingerprint density at radius 1 is 1.13 bits per heavy atom. The molecule has 5 heteroatoms. The number of halogens is 1. The fourth-order valence-corrected chi connectivity index (χ4v) is 2.20.